The van der Waals surface area contributed by atoms with E-state index >= 15 is 0 Å². The molecule has 1 aromatic heterocycles. The molecule has 7 heteroatoms. The molecule has 0 aliphatic heterocycles. The standard InChI is InChI=1S/C8H11N5O2/c9-12-8(6-13(14)15)11-5-7-2-1-3-10-4-7/h1-4,6,11-12H,5,9H2/b8-6-. The molecule has 1 heterocycles. The molecule has 1 aromatic rings. The van der Waals surface area contributed by atoms with Gasteiger partial charge in [-0.3, -0.25) is 15.1 Å². The van der Waals surface area contributed by atoms with Gasteiger partial charge >= 0.3 is 0 Å². The van der Waals surface area contributed by atoms with E-state index in [4.69, 9.17) is 5.84 Å². The Labute approximate surface area is 86.1 Å². The van der Waals surface area contributed by atoms with Crippen LogP contribution in [-0.2, 0) is 6.54 Å². The SMILES string of the molecule is NN/C(=C\[N+](=O)[O-])NCc1cccnc1. The highest BCUT2D eigenvalue weighted by Gasteiger charge is 1.99. The molecule has 0 fully saturated rings. The third-order valence-electron chi connectivity index (χ3n) is 1.60. The predicted molar refractivity (Wildman–Crippen MR) is 53.5 cm³/mol. The zero-order valence-electron chi connectivity index (χ0n) is 7.88. The van der Waals surface area contributed by atoms with Gasteiger partial charge in [-0.1, -0.05) is 6.07 Å². The second-order valence-corrected chi connectivity index (χ2v) is 2.69. The molecule has 0 bridgehead atoms. The monoisotopic (exact) mass is 209 g/mol. The molecule has 0 aliphatic rings. The summed E-state index contributed by atoms with van der Waals surface area (Å²) in [5.41, 5.74) is 3.10. The Balaban J connectivity index is 2.52. The van der Waals surface area contributed by atoms with Crippen LogP contribution in [0.1, 0.15) is 5.56 Å². The van der Waals surface area contributed by atoms with Crippen molar-refractivity contribution in [3.05, 3.63) is 52.2 Å². The molecule has 7 nitrogen and oxygen atoms in total. The summed E-state index contributed by atoms with van der Waals surface area (Å²) in [6.45, 7) is 0.414. The quantitative estimate of drug-likeness (QED) is 0.349. The molecule has 0 spiro atoms. The highest BCUT2D eigenvalue weighted by atomic mass is 16.6. The van der Waals surface area contributed by atoms with Crippen molar-refractivity contribution in [2.24, 2.45) is 5.84 Å². The van der Waals surface area contributed by atoms with Crippen molar-refractivity contribution < 1.29 is 4.92 Å². The molecule has 4 N–H and O–H groups in total. The van der Waals surface area contributed by atoms with Gasteiger partial charge in [0.25, 0.3) is 6.20 Å². The van der Waals surface area contributed by atoms with Crippen LogP contribution in [0.3, 0.4) is 0 Å². The minimum atomic E-state index is -0.592. The Kier molecular flexibility index (Phi) is 4.05. The van der Waals surface area contributed by atoms with Gasteiger partial charge in [-0.2, -0.15) is 0 Å². The lowest BCUT2D eigenvalue weighted by Crippen LogP contribution is -2.31. The molecule has 1 rings (SSSR count). The maximum atomic E-state index is 10.2. The first-order valence-electron chi connectivity index (χ1n) is 4.17. The summed E-state index contributed by atoms with van der Waals surface area (Å²) in [7, 11) is 0. The number of rotatable bonds is 5. The lowest BCUT2D eigenvalue weighted by molar-refractivity contribution is -0.404. The van der Waals surface area contributed by atoms with Gasteiger partial charge in [0.1, 0.15) is 0 Å². The summed E-state index contributed by atoms with van der Waals surface area (Å²) < 4.78 is 0. The number of pyridine rings is 1. The van der Waals surface area contributed by atoms with Gasteiger partial charge in [-0.15, -0.1) is 0 Å². The van der Waals surface area contributed by atoms with Crippen LogP contribution in [0.15, 0.2) is 36.5 Å². The molecule has 0 aliphatic carbocycles. The molecule has 0 saturated heterocycles. The maximum Gasteiger partial charge on any atom is 0.275 e. The third-order valence-corrected chi connectivity index (χ3v) is 1.60. The summed E-state index contributed by atoms with van der Waals surface area (Å²) in [5, 5.41) is 12.9. The first-order valence-corrected chi connectivity index (χ1v) is 4.17. The number of nitrogens with one attached hydrogen (secondary N) is 2. The second kappa shape index (κ2) is 5.55. The molecule has 15 heavy (non-hydrogen) atoms. The molecule has 0 unspecified atom stereocenters. The fourth-order valence-electron chi connectivity index (χ4n) is 0.939. The number of nitrogens with two attached hydrogens (primary N) is 1. The van der Waals surface area contributed by atoms with E-state index in [0.29, 0.717) is 6.54 Å². The van der Waals surface area contributed by atoms with E-state index in [2.05, 4.69) is 15.7 Å². The van der Waals surface area contributed by atoms with E-state index in [-0.39, 0.29) is 5.82 Å². The Bertz CT molecular complexity index is 351. The Morgan fingerprint density at radius 1 is 1.73 bits per heavy atom. The molecule has 0 radical (unpaired) electrons. The number of nitrogens with zero attached hydrogens (tertiary/aromatic N) is 2. The van der Waals surface area contributed by atoms with Gasteiger partial charge in [0, 0.05) is 18.9 Å². The van der Waals surface area contributed by atoms with Crippen LogP contribution in [0.4, 0.5) is 0 Å². The van der Waals surface area contributed by atoms with Crippen LogP contribution in [0.25, 0.3) is 0 Å². The smallest absolute Gasteiger partial charge is 0.275 e. The van der Waals surface area contributed by atoms with Crippen molar-refractivity contribution in [3.63, 3.8) is 0 Å². The average Bonchev–Trinajstić information content (AvgIpc) is 2.25. The second-order valence-electron chi connectivity index (χ2n) is 2.69. The van der Waals surface area contributed by atoms with Gasteiger partial charge in [-0.05, 0) is 11.6 Å². The first-order chi connectivity index (χ1) is 7.22. The van der Waals surface area contributed by atoms with Gasteiger partial charge < -0.3 is 10.7 Å². The van der Waals surface area contributed by atoms with E-state index < -0.39 is 4.92 Å². The van der Waals surface area contributed by atoms with Gasteiger partial charge in [-0.25, -0.2) is 5.84 Å². The van der Waals surface area contributed by atoms with Crippen molar-refractivity contribution in [3.8, 4) is 0 Å². The van der Waals surface area contributed by atoms with E-state index in [1.807, 2.05) is 6.07 Å². The zero-order valence-corrected chi connectivity index (χ0v) is 7.88. The summed E-state index contributed by atoms with van der Waals surface area (Å²) in [4.78, 5) is 13.5. The van der Waals surface area contributed by atoms with Crippen LogP contribution in [-0.4, -0.2) is 9.91 Å². The number of hydrogen-bond acceptors (Lipinski definition) is 6. The van der Waals surface area contributed by atoms with Crippen LogP contribution in [0, 0.1) is 10.1 Å². The van der Waals surface area contributed by atoms with Gasteiger partial charge in [0.2, 0.25) is 0 Å². The van der Waals surface area contributed by atoms with Crippen LogP contribution >= 0.6 is 0 Å². The maximum absolute atomic E-state index is 10.2. The number of hydrogen-bond donors (Lipinski definition) is 3. The Hall–Kier alpha value is -2.15. The zero-order chi connectivity index (χ0) is 11.1. The average molecular weight is 209 g/mol. The summed E-state index contributed by atoms with van der Waals surface area (Å²) in [6, 6.07) is 3.63. The molecular formula is C8H11N5O2. The van der Waals surface area contributed by atoms with E-state index in [9.17, 15) is 10.1 Å². The third kappa shape index (κ3) is 4.05. The minimum absolute atomic E-state index is 0.142. The van der Waals surface area contributed by atoms with Crippen molar-refractivity contribution in [2.45, 2.75) is 6.54 Å². The summed E-state index contributed by atoms with van der Waals surface area (Å²) >= 11 is 0. The fourth-order valence-corrected chi connectivity index (χ4v) is 0.939. The normalized spacial score (nSPS) is 10.9. The lowest BCUT2D eigenvalue weighted by atomic mass is 10.3. The molecule has 0 amide bonds. The first kappa shape index (κ1) is 10.9. The van der Waals surface area contributed by atoms with E-state index in [1.54, 1.807) is 18.5 Å². The molecule has 0 saturated carbocycles. The van der Waals surface area contributed by atoms with Crippen LogP contribution < -0.4 is 16.6 Å². The number of hydrazine groups is 1. The summed E-state index contributed by atoms with van der Waals surface area (Å²) in [5.74, 6) is 5.23. The van der Waals surface area contributed by atoms with Crippen molar-refractivity contribution in [1.29, 1.82) is 0 Å². The van der Waals surface area contributed by atoms with E-state index in [0.717, 1.165) is 11.8 Å². The number of aromatic nitrogens is 1. The van der Waals surface area contributed by atoms with Crippen molar-refractivity contribution in [2.75, 3.05) is 0 Å². The Morgan fingerprint density at radius 3 is 3.07 bits per heavy atom. The van der Waals surface area contributed by atoms with Crippen molar-refractivity contribution >= 4 is 0 Å². The Morgan fingerprint density at radius 2 is 2.53 bits per heavy atom. The minimum Gasteiger partial charge on any atom is -0.362 e. The molecule has 0 atom stereocenters. The van der Waals surface area contributed by atoms with Gasteiger partial charge in [0.15, 0.2) is 5.82 Å². The highest BCUT2D eigenvalue weighted by molar-refractivity contribution is 5.09. The highest BCUT2D eigenvalue weighted by Crippen LogP contribution is 1.95. The van der Waals surface area contributed by atoms with Crippen LogP contribution in [0.5, 0.6) is 0 Å². The van der Waals surface area contributed by atoms with Gasteiger partial charge in [0.05, 0.1) is 4.92 Å². The molecule has 80 valence electrons. The topological polar surface area (TPSA) is 106 Å². The van der Waals surface area contributed by atoms with Crippen LogP contribution in [0.2, 0.25) is 0 Å². The molecule has 0 aromatic carbocycles. The fraction of sp³-hybridized carbons (Fsp3) is 0.125. The largest absolute Gasteiger partial charge is 0.362 e. The number of nitro groups is 1. The van der Waals surface area contributed by atoms with Crippen molar-refractivity contribution in [1.82, 2.24) is 15.7 Å². The predicted octanol–water partition coefficient (Wildman–Crippen LogP) is -0.290. The molecular weight excluding hydrogens is 198 g/mol. The van der Waals surface area contributed by atoms with E-state index in [1.165, 1.54) is 0 Å². The lowest BCUT2D eigenvalue weighted by Gasteiger charge is -2.06. The summed E-state index contributed by atoms with van der Waals surface area (Å²) in [6.07, 6.45) is 4.07.